The minimum atomic E-state index is -0.758. The molecule has 0 saturated carbocycles. The second-order valence-corrected chi connectivity index (χ2v) is 4.13. The van der Waals surface area contributed by atoms with Crippen molar-refractivity contribution in [3.63, 3.8) is 0 Å². The summed E-state index contributed by atoms with van der Waals surface area (Å²) in [4.78, 5) is 16.9. The molecule has 88 valence electrons. The molecule has 0 amide bonds. The van der Waals surface area contributed by atoms with Gasteiger partial charge in [-0.2, -0.15) is 0 Å². The number of aliphatic carboxylic acids is 1. The Balaban J connectivity index is 1.94. The number of hydrogen-bond acceptors (Lipinski definition) is 5. The third-order valence-electron chi connectivity index (χ3n) is 3.01. The fraction of sp³-hybridized carbons (Fsp3) is 0.400. The monoisotopic (exact) mass is 233 g/mol. The van der Waals surface area contributed by atoms with Crippen LogP contribution in [0.15, 0.2) is 12.4 Å². The van der Waals surface area contributed by atoms with Gasteiger partial charge in [-0.3, -0.25) is 9.20 Å². The maximum absolute atomic E-state index is 10.7. The fourth-order valence-corrected chi connectivity index (χ4v) is 1.96. The highest BCUT2D eigenvalue weighted by Gasteiger charge is 2.34. The number of rotatable bonds is 2. The van der Waals surface area contributed by atoms with Crippen molar-refractivity contribution in [2.75, 3.05) is 18.0 Å². The van der Waals surface area contributed by atoms with Gasteiger partial charge in [0.15, 0.2) is 5.82 Å². The molecule has 1 saturated heterocycles. The standard InChI is InChI=1S/C10H11N5O2/c1-6-12-13-9-8(11-2-3-15(6)9)14-4-7(5-14)10(16)17/h2-3,7H,4-5H2,1H3,(H,16,17). The molecule has 17 heavy (non-hydrogen) atoms. The molecule has 0 aromatic carbocycles. The van der Waals surface area contributed by atoms with Crippen molar-refractivity contribution in [2.24, 2.45) is 5.92 Å². The number of carbonyl (C=O) groups is 1. The number of aromatic nitrogens is 4. The van der Waals surface area contributed by atoms with Gasteiger partial charge in [0.1, 0.15) is 5.82 Å². The molecule has 0 bridgehead atoms. The van der Waals surface area contributed by atoms with E-state index in [1.54, 1.807) is 12.4 Å². The van der Waals surface area contributed by atoms with Crippen molar-refractivity contribution in [3.05, 3.63) is 18.2 Å². The number of fused-ring (bicyclic) bond motifs is 1. The third kappa shape index (κ3) is 1.42. The zero-order valence-corrected chi connectivity index (χ0v) is 9.24. The molecular weight excluding hydrogens is 222 g/mol. The molecule has 2 aromatic heterocycles. The molecule has 1 aliphatic heterocycles. The summed E-state index contributed by atoms with van der Waals surface area (Å²) in [6.45, 7) is 2.82. The van der Waals surface area contributed by atoms with E-state index in [0.29, 0.717) is 24.6 Å². The number of nitrogens with zero attached hydrogens (tertiary/aromatic N) is 5. The molecule has 0 unspecified atom stereocenters. The topological polar surface area (TPSA) is 83.6 Å². The normalized spacial score (nSPS) is 16.2. The van der Waals surface area contributed by atoms with Gasteiger partial charge >= 0.3 is 5.97 Å². The lowest BCUT2D eigenvalue weighted by molar-refractivity contribution is -0.142. The van der Waals surface area contributed by atoms with Crippen LogP contribution in [0.4, 0.5) is 5.82 Å². The lowest BCUT2D eigenvalue weighted by atomic mass is 10.0. The Morgan fingerprint density at radius 1 is 1.47 bits per heavy atom. The van der Waals surface area contributed by atoms with Gasteiger partial charge in [-0.15, -0.1) is 10.2 Å². The van der Waals surface area contributed by atoms with Crippen LogP contribution in [0.25, 0.3) is 5.65 Å². The summed E-state index contributed by atoms with van der Waals surface area (Å²) in [5.74, 6) is 0.427. The second kappa shape index (κ2) is 3.41. The first-order valence-electron chi connectivity index (χ1n) is 5.31. The van der Waals surface area contributed by atoms with Gasteiger partial charge in [0.2, 0.25) is 5.65 Å². The number of aryl methyl sites for hydroxylation is 1. The number of hydrogen-bond donors (Lipinski definition) is 1. The maximum atomic E-state index is 10.7. The van der Waals surface area contributed by atoms with Crippen LogP contribution in [-0.4, -0.2) is 43.7 Å². The van der Waals surface area contributed by atoms with Crippen LogP contribution in [-0.2, 0) is 4.79 Å². The van der Waals surface area contributed by atoms with Gasteiger partial charge in [-0.05, 0) is 6.92 Å². The van der Waals surface area contributed by atoms with Crippen LogP contribution in [0.1, 0.15) is 5.82 Å². The number of carboxylic acids is 1. The van der Waals surface area contributed by atoms with E-state index >= 15 is 0 Å². The Morgan fingerprint density at radius 3 is 2.94 bits per heavy atom. The molecule has 7 heteroatoms. The van der Waals surface area contributed by atoms with Crippen LogP contribution in [0.2, 0.25) is 0 Å². The summed E-state index contributed by atoms with van der Waals surface area (Å²) in [6, 6.07) is 0. The Kier molecular flexibility index (Phi) is 2.01. The smallest absolute Gasteiger partial charge is 0.310 e. The van der Waals surface area contributed by atoms with E-state index in [4.69, 9.17) is 5.11 Å². The second-order valence-electron chi connectivity index (χ2n) is 4.13. The van der Waals surface area contributed by atoms with E-state index < -0.39 is 5.97 Å². The van der Waals surface area contributed by atoms with Gasteiger partial charge in [0, 0.05) is 25.5 Å². The first-order valence-corrected chi connectivity index (χ1v) is 5.31. The zero-order chi connectivity index (χ0) is 12.0. The van der Waals surface area contributed by atoms with Crippen LogP contribution < -0.4 is 4.90 Å². The molecule has 7 nitrogen and oxygen atoms in total. The summed E-state index contributed by atoms with van der Waals surface area (Å²) in [5, 5.41) is 16.9. The zero-order valence-electron chi connectivity index (χ0n) is 9.24. The Labute approximate surface area is 96.7 Å². The Hall–Kier alpha value is -2.18. The molecule has 0 aliphatic carbocycles. The van der Waals surface area contributed by atoms with E-state index in [-0.39, 0.29) is 5.92 Å². The summed E-state index contributed by atoms with van der Waals surface area (Å²) >= 11 is 0. The highest BCUT2D eigenvalue weighted by atomic mass is 16.4. The minimum absolute atomic E-state index is 0.305. The molecule has 3 rings (SSSR count). The molecule has 2 aromatic rings. The van der Waals surface area contributed by atoms with Crippen molar-refractivity contribution in [1.82, 2.24) is 19.6 Å². The number of anilines is 1. The number of carboxylic acid groups (broad SMARTS) is 1. The molecule has 3 heterocycles. The van der Waals surface area contributed by atoms with Gasteiger partial charge in [0.05, 0.1) is 5.92 Å². The lowest BCUT2D eigenvalue weighted by Gasteiger charge is -2.37. The van der Waals surface area contributed by atoms with Crippen molar-refractivity contribution in [2.45, 2.75) is 6.92 Å². The van der Waals surface area contributed by atoms with E-state index in [2.05, 4.69) is 15.2 Å². The van der Waals surface area contributed by atoms with Crippen molar-refractivity contribution in [1.29, 1.82) is 0 Å². The van der Waals surface area contributed by atoms with Crippen molar-refractivity contribution < 1.29 is 9.90 Å². The van der Waals surface area contributed by atoms with Crippen LogP contribution in [0, 0.1) is 12.8 Å². The predicted molar refractivity (Wildman–Crippen MR) is 58.9 cm³/mol. The van der Waals surface area contributed by atoms with E-state index in [1.165, 1.54) is 0 Å². The Morgan fingerprint density at radius 2 is 2.24 bits per heavy atom. The molecule has 1 fully saturated rings. The largest absolute Gasteiger partial charge is 0.481 e. The summed E-state index contributed by atoms with van der Waals surface area (Å²) in [5.41, 5.74) is 0.675. The van der Waals surface area contributed by atoms with Crippen LogP contribution in [0.3, 0.4) is 0 Å². The molecule has 1 N–H and O–H groups in total. The van der Waals surface area contributed by atoms with Gasteiger partial charge in [0.25, 0.3) is 0 Å². The first-order chi connectivity index (χ1) is 8.16. The van der Waals surface area contributed by atoms with Crippen molar-refractivity contribution >= 4 is 17.4 Å². The SMILES string of the molecule is Cc1nnc2c(N3CC(C(=O)O)C3)nccn12. The molecule has 0 spiro atoms. The van der Waals surface area contributed by atoms with Crippen molar-refractivity contribution in [3.8, 4) is 0 Å². The average Bonchev–Trinajstić information content (AvgIpc) is 2.59. The van der Waals surface area contributed by atoms with Crippen LogP contribution >= 0.6 is 0 Å². The minimum Gasteiger partial charge on any atom is -0.481 e. The van der Waals surface area contributed by atoms with Gasteiger partial charge < -0.3 is 10.0 Å². The highest BCUT2D eigenvalue weighted by Crippen LogP contribution is 2.25. The molecule has 0 radical (unpaired) electrons. The van der Waals surface area contributed by atoms with E-state index in [1.807, 2.05) is 16.2 Å². The maximum Gasteiger partial charge on any atom is 0.310 e. The quantitative estimate of drug-likeness (QED) is 0.783. The van der Waals surface area contributed by atoms with E-state index in [9.17, 15) is 4.79 Å². The average molecular weight is 233 g/mol. The molecule has 1 aliphatic rings. The Bertz CT molecular complexity index is 587. The lowest BCUT2D eigenvalue weighted by Crippen LogP contribution is -2.51. The van der Waals surface area contributed by atoms with Crippen LogP contribution in [0.5, 0.6) is 0 Å². The summed E-state index contributed by atoms with van der Waals surface area (Å²) in [7, 11) is 0. The predicted octanol–water partition coefficient (Wildman–Crippen LogP) is -0.0465. The highest BCUT2D eigenvalue weighted by molar-refractivity contribution is 5.76. The fourth-order valence-electron chi connectivity index (χ4n) is 1.96. The van der Waals surface area contributed by atoms with Gasteiger partial charge in [-0.25, -0.2) is 4.98 Å². The third-order valence-corrected chi connectivity index (χ3v) is 3.01. The van der Waals surface area contributed by atoms with Gasteiger partial charge in [-0.1, -0.05) is 0 Å². The summed E-state index contributed by atoms with van der Waals surface area (Å²) < 4.78 is 1.84. The molecular formula is C10H11N5O2. The molecule has 0 atom stereocenters. The van der Waals surface area contributed by atoms with E-state index in [0.717, 1.165) is 5.82 Å². The first kappa shape index (κ1) is 10.0. The summed E-state index contributed by atoms with van der Waals surface area (Å²) in [6.07, 6.45) is 3.47.